The zero-order valence-electron chi connectivity index (χ0n) is 14.5. The SMILES string of the molecule is CC(C)NC(=N)N(CCCN)CC1CCc2ccccc2O1.Cl.Cl. The van der Waals surface area contributed by atoms with E-state index in [9.17, 15) is 0 Å². The number of para-hydroxylation sites is 1. The highest BCUT2D eigenvalue weighted by Crippen LogP contribution is 2.27. The lowest BCUT2D eigenvalue weighted by Crippen LogP contribution is -2.48. The highest BCUT2D eigenvalue weighted by atomic mass is 35.5. The van der Waals surface area contributed by atoms with Gasteiger partial charge in [-0.15, -0.1) is 24.8 Å². The number of hydrogen-bond acceptors (Lipinski definition) is 3. The van der Waals surface area contributed by atoms with Crippen LogP contribution in [0.25, 0.3) is 0 Å². The molecule has 0 radical (unpaired) electrons. The van der Waals surface area contributed by atoms with Crippen molar-refractivity contribution in [1.82, 2.24) is 10.2 Å². The average Bonchev–Trinajstić information content (AvgIpc) is 2.50. The third kappa shape index (κ3) is 6.75. The Labute approximate surface area is 157 Å². The van der Waals surface area contributed by atoms with Crippen LogP contribution in [-0.4, -0.2) is 42.6 Å². The van der Waals surface area contributed by atoms with Crippen molar-refractivity contribution in [3.8, 4) is 5.75 Å². The van der Waals surface area contributed by atoms with Crippen LogP contribution in [0, 0.1) is 5.41 Å². The Bertz CT molecular complexity index is 499. The number of nitrogens with two attached hydrogens (primary N) is 1. The van der Waals surface area contributed by atoms with Crippen LogP contribution in [-0.2, 0) is 6.42 Å². The molecule has 0 bridgehead atoms. The molecular weight excluding hydrogens is 347 g/mol. The Morgan fingerprint density at radius 1 is 1.38 bits per heavy atom. The fourth-order valence-corrected chi connectivity index (χ4v) is 2.70. The second-order valence-corrected chi connectivity index (χ2v) is 6.12. The van der Waals surface area contributed by atoms with E-state index in [0.29, 0.717) is 12.5 Å². The molecule has 0 aromatic heterocycles. The fourth-order valence-electron chi connectivity index (χ4n) is 2.70. The first kappa shape index (κ1) is 22.8. The first-order valence-corrected chi connectivity index (χ1v) is 8.14. The summed E-state index contributed by atoms with van der Waals surface area (Å²) in [4.78, 5) is 2.05. The summed E-state index contributed by atoms with van der Waals surface area (Å²) in [7, 11) is 0. The quantitative estimate of drug-likeness (QED) is 0.527. The summed E-state index contributed by atoms with van der Waals surface area (Å²) in [6, 6.07) is 8.47. The molecule has 1 heterocycles. The summed E-state index contributed by atoms with van der Waals surface area (Å²) in [6.07, 6.45) is 3.04. The number of ether oxygens (including phenoxy) is 1. The molecule has 7 heteroatoms. The normalized spacial score (nSPS) is 15.4. The van der Waals surface area contributed by atoms with E-state index in [2.05, 4.69) is 17.4 Å². The van der Waals surface area contributed by atoms with E-state index >= 15 is 0 Å². The third-order valence-corrected chi connectivity index (χ3v) is 3.80. The molecular formula is C17H30Cl2N4O. The molecule has 1 unspecified atom stereocenters. The van der Waals surface area contributed by atoms with Gasteiger partial charge in [-0.25, -0.2) is 0 Å². The number of guanidine groups is 1. The number of halogens is 2. The van der Waals surface area contributed by atoms with Gasteiger partial charge >= 0.3 is 0 Å². The predicted molar refractivity (Wildman–Crippen MR) is 105 cm³/mol. The van der Waals surface area contributed by atoms with Crippen molar-refractivity contribution >= 4 is 30.8 Å². The predicted octanol–water partition coefficient (Wildman–Crippen LogP) is 2.81. The average molecular weight is 377 g/mol. The second-order valence-electron chi connectivity index (χ2n) is 6.12. The van der Waals surface area contributed by atoms with Crippen molar-refractivity contribution < 1.29 is 4.74 Å². The molecule has 24 heavy (non-hydrogen) atoms. The molecule has 0 aliphatic carbocycles. The van der Waals surface area contributed by atoms with Crippen LogP contribution >= 0.6 is 24.8 Å². The van der Waals surface area contributed by atoms with E-state index in [1.807, 2.05) is 30.9 Å². The molecule has 1 aromatic rings. The maximum atomic E-state index is 8.24. The number of aryl methyl sites for hydroxylation is 1. The smallest absolute Gasteiger partial charge is 0.191 e. The Balaban J connectivity index is 0.00000264. The van der Waals surface area contributed by atoms with E-state index in [4.69, 9.17) is 15.9 Å². The fraction of sp³-hybridized carbons (Fsp3) is 0.588. The number of nitrogens with one attached hydrogen (secondary N) is 2. The van der Waals surface area contributed by atoms with Gasteiger partial charge in [0.1, 0.15) is 11.9 Å². The Hall–Kier alpha value is -1.17. The van der Waals surface area contributed by atoms with Crippen LogP contribution in [0.4, 0.5) is 0 Å². The van der Waals surface area contributed by atoms with Crippen LogP contribution in [0.2, 0.25) is 0 Å². The highest BCUT2D eigenvalue weighted by molar-refractivity contribution is 5.85. The number of nitrogens with zero attached hydrogens (tertiary/aromatic N) is 1. The number of benzene rings is 1. The summed E-state index contributed by atoms with van der Waals surface area (Å²) in [5.74, 6) is 1.45. The molecule has 0 amide bonds. The summed E-state index contributed by atoms with van der Waals surface area (Å²) in [5.41, 5.74) is 6.91. The lowest BCUT2D eigenvalue weighted by atomic mass is 10.0. The van der Waals surface area contributed by atoms with Crippen molar-refractivity contribution in [3.05, 3.63) is 29.8 Å². The Morgan fingerprint density at radius 2 is 2.08 bits per heavy atom. The van der Waals surface area contributed by atoms with Crippen LogP contribution in [0.1, 0.15) is 32.3 Å². The summed E-state index contributed by atoms with van der Waals surface area (Å²) in [5, 5.41) is 11.4. The number of fused-ring (bicyclic) bond motifs is 1. The minimum atomic E-state index is 0. The Kier molecular flexibility index (Phi) is 10.8. The van der Waals surface area contributed by atoms with Crippen molar-refractivity contribution in [2.45, 2.75) is 45.3 Å². The molecule has 1 aromatic carbocycles. The van der Waals surface area contributed by atoms with Gasteiger partial charge in [0, 0.05) is 12.6 Å². The summed E-state index contributed by atoms with van der Waals surface area (Å²) < 4.78 is 6.10. The van der Waals surface area contributed by atoms with Crippen LogP contribution in [0.15, 0.2) is 24.3 Å². The van der Waals surface area contributed by atoms with E-state index < -0.39 is 0 Å². The van der Waals surface area contributed by atoms with Crippen molar-refractivity contribution in [2.24, 2.45) is 5.73 Å². The van der Waals surface area contributed by atoms with Gasteiger partial charge in [0.2, 0.25) is 0 Å². The van der Waals surface area contributed by atoms with Crippen LogP contribution in [0.3, 0.4) is 0 Å². The minimum absolute atomic E-state index is 0. The molecule has 0 fully saturated rings. The summed E-state index contributed by atoms with van der Waals surface area (Å²) >= 11 is 0. The second kappa shape index (κ2) is 11.4. The first-order valence-electron chi connectivity index (χ1n) is 8.14. The van der Waals surface area contributed by atoms with Gasteiger partial charge < -0.3 is 20.7 Å². The molecule has 138 valence electrons. The van der Waals surface area contributed by atoms with Crippen LogP contribution < -0.4 is 15.8 Å². The largest absolute Gasteiger partial charge is 0.488 e. The molecule has 5 nitrogen and oxygen atoms in total. The zero-order chi connectivity index (χ0) is 15.9. The van der Waals surface area contributed by atoms with E-state index in [0.717, 1.165) is 38.1 Å². The van der Waals surface area contributed by atoms with Gasteiger partial charge in [-0.2, -0.15) is 0 Å². The standard InChI is InChI=1S/C17H28N4O.2ClH/c1-13(2)20-17(19)21(11-5-10-18)12-15-9-8-14-6-3-4-7-16(14)22-15;;/h3-4,6-7,13,15H,5,8-12,18H2,1-2H3,(H2,19,20);2*1H. The van der Waals surface area contributed by atoms with Crippen molar-refractivity contribution in [3.63, 3.8) is 0 Å². The molecule has 4 N–H and O–H groups in total. The molecule has 0 saturated heterocycles. The van der Waals surface area contributed by atoms with Gasteiger partial charge in [0.25, 0.3) is 0 Å². The lowest BCUT2D eigenvalue weighted by molar-refractivity contribution is 0.140. The Morgan fingerprint density at radius 3 is 2.75 bits per heavy atom. The number of rotatable bonds is 6. The molecule has 2 rings (SSSR count). The molecule has 1 aliphatic heterocycles. The first-order chi connectivity index (χ1) is 10.6. The van der Waals surface area contributed by atoms with Crippen LogP contribution in [0.5, 0.6) is 5.75 Å². The summed E-state index contributed by atoms with van der Waals surface area (Å²) in [6.45, 7) is 6.25. The lowest BCUT2D eigenvalue weighted by Gasteiger charge is -2.33. The topological polar surface area (TPSA) is 74.4 Å². The maximum Gasteiger partial charge on any atom is 0.191 e. The van der Waals surface area contributed by atoms with Crippen molar-refractivity contribution in [1.29, 1.82) is 5.41 Å². The van der Waals surface area contributed by atoms with E-state index in [1.165, 1.54) is 5.56 Å². The van der Waals surface area contributed by atoms with E-state index in [-0.39, 0.29) is 37.0 Å². The van der Waals surface area contributed by atoms with E-state index in [1.54, 1.807) is 0 Å². The monoisotopic (exact) mass is 376 g/mol. The third-order valence-electron chi connectivity index (χ3n) is 3.80. The highest BCUT2D eigenvalue weighted by Gasteiger charge is 2.23. The number of hydrogen-bond donors (Lipinski definition) is 3. The zero-order valence-corrected chi connectivity index (χ0v) is 16.1. The van der Waals surface area contributed by atoms with Gasteiger partial charge in [0.15, 0.2) is 5.96 Å². The maximum absolute atomic E-state index is 8.24. The van der Waals surface area contributed by atoms with Gasteiger partial charge in [0.05, 0.1) is 6.54 Å². The molecule has 1 aliphatic rings. The molecule has 0 spiro atoms. The van der Waals surface area contributed by atoms with Gasteiger partial charge in [-0.3, -0.25) is 5.41 Å². The van der Waals surface area contributed by atoms with Crippen molar-refractivity contribution in [2.75, 3.05) is 19.6 Å². The minimum Gasteiger partial charge on any atom is -0.488 e. The molecule has 1 atom stereocenters. The van der Waals surface area contributed by atoms with Gasteiger partial charge in [-0.05, 0) is 51.3 Å². The molecule has 0 saturated carbocycles. The van der Waals surface area contributed by atoms with Gasteiger partial charge in [-0.1, -0.05) is 18.2 Å².